The van der Waals surface area contributed by atoms with Crippen molar-refractivity contribution < 1.29 is 4.79 Å². The summed E-state index contributed by atoms with van der Waals surface area (Å²) in [6.07, 6.45) is 0. The number of amides is 1. The minimum atomic E-state index is -0.396. The Bertz CT molecular complexity index is 552. The number of primary amides is 1. The molecule has 0 unspecified atom stereocenters. The molecule has 0 atom stereocenters. The Labute approximate surface area is 120 Å². The summed E-state index contributed by atoms with van der Waals surface area (Å²) in [6, 6.07) is 15.5. The van der Waals surface area contributed by atoms with Gasteiger partial charge in [-0.3, -0.25) is 4.79 Å². The number of carbonyl (C=O) groups is 1. The highest BCUT2D eigenvalue weighted by Gasteiger charge is 2.00. The van der Waals surface area contributed by atoms with Gasteiger partial charge in [-0.2, -0.15) is 0 Å². The van der Waals surface area contributed by atoms with Gasteiger partial charge in [-0.25, -0.2) is 0 Å². The first-order valence-electron chi connectivity index (χ1n) is 5.53. The molecule has 0 saturated heterocycles. The second kappa shape index (κ2) is 5.86. The molecule has 4 heteroatoms. The van der Waals surface area contributed by atoms with Gasteiger partial charge >= 0.3 is 0 Å². The lowest BCUT2D eigenvalue weighted by Gasteiger charge is -2.07. The third-order valence-corrected chi connectivity index (χ3v) is 3.23. The predicted octanol–water partition coefficient (Wildman–Crippen LogP) is 3.00. The molecule has 2 rings (SSSR count). The lowest BCUT2D eigenvalue weighted by Crippen LogP contribution is -2.10. The Morgan fingerprint density at radius 1 is 1.17 bits per heavy atom. The molecule has 92 valence electrons. The van der Waals surface area contributed by atoms with Gasteiger partial charge in [0.25, 0.3) is 0 Å². The number of benzene rings is 2. The summed E-state index contributed by atoms with van der Waals surface area (Å²) in [7, 11) is 0. The van der Waals surface area contributed by atoms with Crippen LogP contribution in [0.5, 0.6) is 0 Å². The molecule has 0 aromatic heterocycles. The molecule has 0 radical (unpaired) electrons. The van der Waals surface area contributed by atoms with E-state index in [1.165, 1.54) is 3.57 Å². The van der Waals surface area contributed by atoms with E-state index in [4.69, 9.17) is 5.73 Å². The van der Waals surface area contributed by atoms with Gasteiger partial charge < -0.3 is 11.1 Å². The van der Waals surface area contributed by atoms with E-state index in [2.05, 4.69) is 34.0 Å². The molecular weight excluding hydrogens is 339 g/mol. The molecule has 0 heterocycles. The van der Waals surface area contributed by atoms with Crippen LogP contribution < -0.4 is 11.1 Å². The molecule has 2 aromatic rings. The van der Waals surface area contributed by atoms with E-state index in [1.807, 2.05) is 30.3 Å². The van der Waals surface area contributed by atoms with E-state index in [0.29, 0.717) is 5.56 Å². The van der Waals surface area contributed by atoms with Gasteiger partial charge in [-0.15, -0.1) is 0 Å². The Kier molecular flexibility index (Phi) is 4.19. The highest BCUT2D eigenvalue weighted by molar-refractivity contribution is 14.1. The van der Waals surface area contributed by atoms with Crippen LogP contribution in [-0.2, 0) is 6.54 Å². The van der Waals surface area contributed by atoms with Crippen LogP contribution in [0.2, 0.25) is 0 Å². The zero-order chi connectivity index (χ0) is 13.0. The number of rotatable bonds is 4. The largest absolute Gasteiger partial charge is 0.381 e. The average molecular weight is 352 g/mol. The van der Waals surface area contributed by atoms with Crippen molar-refractivity contribution in [1.82, 2.24) is 0 Å². The topological polar surface area (TPSA) is 55.1 Å². The summed E-state index contributed by atoms with van der Waals surface area (Å²) in [5.41, 5.74) is 7.92. The van der Waals surface area contributed by atoms with Crippen molar-refractivity contribution in [3.8, 4) is 0 Å². The fourth-order valence-corrected chi connectivity index (χ4v) is 2.13. The van der Waals surface area contributed by atoms with Crippen LogP contribution in [0, 0.1) is 3.57 Å². The third kappa shape index (κ3) is 3.46. The predicted molar refractivity (Wildman–Crippen MR) is 81.4 cm³/mol. The van der Waals surface area contributed by atoms with Gasteiger partial charge in [0.1, 0.15) is 0 Å². The van der Waals surface area contributed by atoms with E-state index in [0.717, 1.165) is 17.8 Å². The van der Waals surface area contributed by atoms with Crippen LogP contribution in [0.1, 0.15) is 15.9 Å². The van der Waals surface area contributed by atoms with E-state index >= 15 is 0 Å². The molecule has 3 N–H and O–H groups in total. The molecule has 0 aliphatic heterocycles. The first-order valence-corrected chi connectivity index (χ1v) is 6.61. The van der Waals surface area contributed by atoms with Crippen LogP contribution in [0.25, 0.3) is 0 Å². The highest BCUT2D eigenvalue weighted by atomic mass is 127. The Hall–Kier alpha value is -1.56. The van der Waals surface area contributed by atoms with Crippen molar-refractivity contribution in [2.45, 2.75) is 6.54 Å². The van der Waals surface area contributed by atoms with E-state index < -0.39 is 5.91 Å². The summed E-state index contributed by atoms with van der Waals surface area (Å²) in [5.74, 6) is -0.396. The van der Waals surface area contributed by atoms with Crippen molar-refractivity contribution in [2.75, 3.05) is 5.32 Å². The SMILES string of the molecule is NC(=O)c1ccc(CNc2cccc(I)c2)cc1. The summed E-state index contributed by atoms with van der Waals surface area (Å²) in [4.78, 5) is 10.9. The second-order valence-corrected chi connectivity index (χ2v) is 5.17. The smallest absolute Gasteiger partial charge is 0.248 e. The van der Waals surface area contributed by atoms with Gasteiger partial charge in [-0.1, -0.05) is 18.2 Å². The summed E-state index contributed by atoms with van der Waals surface area (Å²) in [6.45, 7) is 0.721. The molecule has 0 bridgehead atoms. The van der Waals surface area contributed by atoms with Gasteiger partial charge in [0, 0.05) is 21.4 Å². The standard InChI is InChI=1S/C14H13IN2O/c15-12-2-1-3-13(8-12)17-9-10-4-6-11(7-5-10)14(16)18/h1-8,17H,9H2,(H2,16,18). The van der Waals surface area contributed by atoms with E-state index in [-0.39, 0.29) is 0 Å². The number of nitrogens with one attached hydrogen (secondary N) is 1. The molecule has 0 spiro atoms. The molecule has 2 aromatic carbocycles. The Balaban J connectivity index is 2.00. The molecule has 0 fully saturated rings. The first kappa shape index (κ1) is 12.9. The van der Waals surface area contributed by atoms with Crippen molar-refractivity contribution in [3.05, 3.63) is 63.2 Å². The Morgan fingerprint density at radius 3 is 2.50 bits per heavy atom. The van der Waals surface area contributed by atoms with Gasteiger partial charge in [0.15, 0.2) is 0 Å². The van der Waals surface area contributed by atoms with Crippen molar-refractivity contribution in [3.63, 3.8) is 0 Å². The maximum Gasteiger partial charge on any atom is 0.248 e. The molecule has 0 aliphatic carbocycles. The average Bonchev–Trinajstić information content (AvgIpc) is 2.37. The van der Waals surface area contributed by atoms with Gasteiger partial charge in [-0.05, 0) is 58.5 Å². The molecule has 1 amide bonds. The number of hydrogen-bond donors (Lipinski definition) is 2. The third-order valence-electron chi connectivity index (χ3n) is 2.56. The number of carbonyl (C=O) groups excluding carboxylic acids is 1. The monoisotopic (exact) mass is 352 g/mol. The molecular formula is C14H13IN2O. The lowest BCUT2D eigenvalue weighted by molar-refractivity contribution is 0.100. The van der Waals surface area contributed by atoms with Crippen LogP contribution in [0.4, 0.5) is 5.69 Å². The quantitative estimate of drug-likeness (QED) is 0.832. The number of hydrogen-bond acceptors (Lipinski definition) is 2. The zero-order valence-corrected chi connectivity index (χ0v) is 11.8. The minimum Gasteiger partial charge on any atom is -0.381 e. The highest BCUT2D eigenvalue weighted by Crippen LogP contribution is 2.13. The van der Waals surface area contributed by atoms with Crippen LogP contribution >= 0.6 is 22.6 Å². The molecule has 0 aliphatic rings. The van der Waals surface area contributed by atoms with E-state index in [9.17, 15) is 4.79 Å². The second-order valence-electron chi connectivity index (χ2n) is 3.93. The zero-order valence-electron chi connectivity index (χ0n) is 9.69. The number of halogens is 1. The summed E-state index contributed by atoms with van der Waals surface area (Å²) >= 11 is 2.28. The number of nitrogens with two attached hydrogens (primary N) is 1. The van der Waals surface area contributed by atoms with Gasteiger partial charge in [0.2, 0.25) is 5.91 Å². The van der Waals surface area contributed by atoms with Crippen molar-refractivity contribution >= 4 is 34.2 Å². The number of anilines is 1. The Morgan fingerprint density at radius 2 is 1.89 bits per heavy atom. The molecule has 3 nitrogen and oxygen atoms in total. The normalized spacial score (nSPS) is 10.1. The maximum atomic E-state index is 10.9. The molecule has 18 heavy (non-hydrogen) atoms. The van der Waals surface area contributed by atoms with Crippen molar-refractivity contribution in [1.29, 1.82) is 0 Å². The fraction of sp³-hybridized carbons (Fsp3) is 0.0714. The molecule has 0 saturated carbocycles. The maximum absolute atomic E-state index is 10.9. The minimum absolute atomic E-state index is 0.396. The van der Waals surface area contributed by atoms with Crippen LogP contribution in [-0.4, -0.2) is 5.91 Å². The van der Waals surface area contributed by atoms with Gasteiger partial charge in [0.05, 0.1) is 0 Å². The summed E-state index contributed by atoms with van der Waals surface area (Å²) < 4.78 is 1.20. The first-order chi connectivity index (χ1) is 8.65. The van der Waals surface area contributed by atoms with E-state index in [1.54, 1.807) is 12.1 Å². The van der Waals surface area contributed by atoms with Crippen LogP contribution in [0.15, 0.2) is 48.5 Å². The lowest BCUT2D eigenvalue weighted by atomic mass is 10.1. The van der Waals surface area contributed by atoms with Crippen LogP contribution in [0.3, 0.4) is 0 Å². The fourth-order valence-electron chi connectivity index (χ4n) is 1.59. The summed E-state index contributed by atoms with van der Waals surface area (Å²) in [5, 5.41) is 3.33. The van der Waals surface area contributed by atoms with Crippen molar-refractivity contribution in [2.24, 2.45) is 5.73 Å².